The van der Waals surface area contributed by atoms with Gasteiger partial charge in [0.2, 0.25) is 0 Å². The van der Waals surface area contributed by atoms with Gasteiger partial charge in [-0.25, -0.2) is 0 Å². The summed E-state index contributed by atoms with van der Waals surface area (Å²) in [6.45, 7) is 0. The third-order valence-electron chi connectivity index (χ3n) is 2.24. The van der Waals surface area contributed by atoms with Crippen molar-refractivity contribution in [3.8, 4) is 11.8 Å². The number of ether oxygens (including phenoxy) is 1. The van der Waals surface area contributed by atoms with Crippen molar-refractivity contribution in [3.05, 3.63) is 29.3 Å². The monoisotopic (exact) mass is 227 g/mol. The minimum Gasteiger partial charge on any atom is -0.490 e. The highest BCUT2D eigenvalue weighted by molar-refractivity contribution is 5.44. The molecule has 2 nitrogen and oxygen atoms in total. The van der Waals surface area contributed by atoms with Gasteiger partial charge < -0.3 is 4.74 Å². The van der Waals surface area contributed by atoms with Gasteiger partial charge in [0.15, 0.2) is 0 Å². The zero-order valence-corrected chi connectivity index (χ0v) is 8.21. The van der Waals surface area contributed by atoms with Gasteiger partial charge in [-0.05, 0) is 31.0 Å². The molecule has 0 aliphatic heterocycles. The van der Waals surface area contributed by atoms with E-state index in [1.165, 1.54) is 12.1 Å². The molecule has 1 aromatic carbocycles. The molecule has 0 N–H and O–H groups in total. The van der Waals surface area contributed by atoms with E-state index < -0.39 is 17.3 Å². The molecule has 1 saturated carbocycles. The van der Waals surface area contributed by atoms with Crippen LogP contribution in [0.3, 0.4) is 0 Å². The Hall–Kier alpha value is -1.70. The Labute approximate surface area is 90.3 Å². The van der Waals surface area contributed by atoms with Crippen LogP contribution in [0.2, 0.25) is 0 Å². The van der Waals surface area contributed by atoms with Crippen LogP contribution in [-0.2, 0) is 6.18 Å². The number of rotatable bonds is 2. The maximum atomic E-state index is 12.5. The predicted octanol–water partition coefficient (Wildman–Crippen LogP) is 3.12. The summed E-state index contributed by atoms with van der Waals surface area (Å²) in [7, 11) is 0. The van der Waals surface area contributed by atoms with E-state index in [2.05, 4.69) is 0 Å². The molecular weight excluding hydrogens is 219 g/mol. The van der Waals surface area contributed by atoms with E-state index in [0.29, 0.717) is 5.75 Å². The zero-order valence-electron chi connectivity index (χ0n) is 8.21. The first-order chi connectivity index (χ1) is 7.50. The molecule has 1 aliphatic rings. The van der Waals surface area contributed by atoms with Crippen LogP contribution in [-0.4, -0.2) is 6.10 Å². The van der Waals surface area contributed by atoms with Gasteiger partial charge in [-0.15, -0.1) is 0 Å². The lowest BCUT2D eigenvalue weighted by atomic mass is 10.1. The van der Waals surface area contributed by atoms with Crippen LogP contribution in [0, 0.1) is 11.3 Å². The predicted molar refractivity (Wildman–Crippen MR) is 49.8 cm³/mol. The zero-order chi connectivity index (χ0) is 11.8. The first-order valence-electron chi connectivity index (χ1n) is 4.78. The van der Waals surface area contributed by atoms with Crippen molar-refractivity contribution < 1.29 is 17.9 Å². The van der Waals surface area contributed by atoms with Crippen molar-refractivity contribution in [2.45, 2.75) is 25.1 Å². The largest absolute Gasteiger partial charge is 0.490 e. The van der Waals surface area contributed by atoms with Crippen LogP contribution < -0.4 is 4.74 Å². The molecule has 0 unspecified atom stereocenters. The molecule has 2 rings (SSSR count). The van der Waals surface area contributed by atoms with Gasteiger partial charge in [0.05, 0.1) is 23.3 Å². The van der Waals surface area contributed by atoms with E-state index in [4.69, 9.17) is 10.00 Å². The van der Waals surface area contributed by atoms with Crippen molar-refractivity contribution in [1.29, 1.82) is 5.26 Å². The van der Waals surface area contributed by atoms with E-state index >= 15 is 0 Å². The summed E-state index contributed by atoms with van der Waals surface area (Å²) in [6, 6.07) is 4.81. The van der Waals surface area contributed by atoms with Gasteiger partial charge in [-0.3, -0.25) is 0 Å². The highest BCUT2D eigenvalue weighted by atomic mass is 19.4. The summed E-state index contributed by atoms with van der Waals surface area (Å²) in [5.41, 5.74) is -1.32. The van der Waals surface area contributed by atoms with Gasteiger partial charge in [-0.2, -0.15) is 18.4 Å². The van der Waals surface area contributed by atoms with Gasteiger partial charge in [0.1, 0.15) is 5.75 Å². The van der Waals surface area contributed by atoms with Gasteiger partial charge in [0.25, 0.3) is 0 Å². The van der Waals surface area contributed by atoms with Gasteiger partial charge in [0, 0.05) is 0 Å². The summed E-state index contributed by atoms with van der Waals surface area (Å²) in [4.78, 5) is 0. The number of hydrogen-bond donors (Lipinski definition) is 0. The molecule has 0 radical (unpaired) electrons. The van der Waals surface area contributed by atoms with Crippen LogP contribution in [0.1, 0.15) is 24.0 Å². The Morgan fingerprint density at radius 2 is 2.00 bits per heavy atom. The SMILES string of the molecule is N#Cc1cc(OC2CC2)ccc1C(F)(F)F. The lowest BCUT2D eigenvalue weighted by molar-refractivity contribution is -0.137. The Morgan fingerprint density at radius 1 is 1.31 bits per heavy atom. The molecule has 1 fully saturated rings. The fourth-order valence-corrected chi connectivity index (χ4v) is 1.31. The first-order valence-corrected chi connectivity index (χ1v) is 4.78. The molecule has 0 aromatic heterocycles. The second kappa shape index (κ2) is 3.71. The molecule has 84 valence electrons. The third kappa shape index (κ3) is 2.27. The molecule has 0 amide bonds. The van der Waals surface area contributed by atoms with Crippen molar-refractivity contribution in [1.82, 2.24) is 0 Å². The Balaban J connectivity index is 2.31. The van der Waals surface area contributed by atoms with E-state index in [0.717, 1.165) is 25.0 Å². The number of nitriles is 1. The highest BCUT2D eigenvalue weighted by Gasteiger charge is 2.34. The van der Waals surface area contributed by atoms with Crippen LogP contribution in [0.15, 0.2) is 18.2 Å². The molecule has 5 heteroatoms. The fourth-order valence-electron chi connectivity index (χ4n) is 1.31. The summed E-state index contributed by atoms with van der Waals surface area (Å²) in [5.74, 6) is 0.326. The van der Waals surface area contributed by atoms with Crippen molar-refractivity contribution in [2.75, 3.05) is 0 Å². The van der Waals surface area contributed by atoms with E-state index in [9.17, 15) is 13.2 Å². The maximum absolute atomic E-state index is 12.5. The average Bonchev–Trinajstić information content (AvgIpc) is 3.00. The highest BCUT2D eigenvalue weighted by Crippen LogP contribution is 2.34. The number of nitrogens with zero attached hydrogens (tertiary/aromatic N) is 1. The quantitative estimate of drug-likeness (QED) is 0.777. The summed E-state index contributed by atoms with van der Waals surface area (Å²) < 4.78 is 42.7. The Kier molecular flexibility index (Phi) is 2.50. The van der Waals surface area contributed by atoms with Crippen molar-refractivity contribution in [2.24, 2.45) is 0 Å². The average molecular weight is 227 g/mol. The summed E-state index contributed by atoms with van der Waals surface area (Å²) in [6.07, 6.45) is -2.56. The molecule has 0 spiro atoms. The molecule has 0 heterocycles. The molecule has 16 heavy (non-hydrogen) atoms. The number of benzene rings is 1. The molecule has 0 atom stereocenters. The minimum atomic E-state index is -4.50. The number of alkyl halides is 3. The van der Waals surface area contributed by atoms with Crippen LogP contribution >= 0.6 is 0 Å². The minimum absolute atomic E-state index is 0.100. The van der Waals surface area contributed by atoms with E-state index in [-0.39, 0.29) is 6.10 Å². The smallest absolute Gasteiger partial charge is 0.417 e. The molecule has 0 saturated heterocycles. The van der Waals surface area contributed by atoms with Gasteiger partial charge >= 0.3 is 6.18 Å². The number of hydrogen-bond acceptors (Lipinski definition) is 2. The van der Waals surface area contributed by atoms with Crippen molar-refractivity contribution >= 4 is 0 Å². The topological polar surface area (TPSA) is 33.0 Å². The first kappa shape index (κ1) is 10.8. The summed E-state index contributed by atoms with van der Waals surface area (Å²) in [5, 5.41) is 8.65. The third-order valence-corrected chi connectivity index (χ3v) is 2.24. The fraction of sp³-hybridized carbons (Fsp3) is 0.364. The van der Waals surface area contributed by atoms with Gasteiger partial charge in [-0.1, -0.05) is 0 Å². The second-order valence-corrected chi connectivity index (χ2v) is 3.63. The van der Waals surface area contributed by atoms with Crippen LogP contribution in [0.25, 0.3) is 0 Å². The molecule has 1 aromatic rings. The lowest BCUT2D eigenvalue weighted by Crippen LogP contribution is -2.08. The lowest BCUT2D eigenvalue weighted by Gasteiger charge is -2.10. The Bertz CT molecular complexity index is 444. The second-order valence-electron chi connectivity index (χ2n) is 3.63. The summed E-state index contributed by atoms with van der Waals surface area (Å²) >= 11 is 0. The maximum Gasteiger partial charge on any atom is 0.417 e. The van der Waals surface area contributed by atoms with E-state index in [1.54, 1.807) is 0 Å². The van der Waals surface area contributed by atoms with Crippen LogP contribution in [0.5, 0.6) is 5.75 Å². The number of halogens is 3. The molecule has 0 bridgehead atoms. The van der Waals surface area contributed by atoms with Crippen LogP contribution in [0.4, 0.5) is 13.2 Å². The van der Waals surface area contributed by atoms with Crippen molar-refractivity contribution in [3.63, 3.8) is 0 Å². The molecular formula is C11H8F3NO. The standard InChI is InChI=1S/C11H8F3NO/c12-11(13,14)10-4-3-9(5-7(10)6-15)16-8-1-2-8/h3-5,8H,1-2H2. The normalized spacial score (nSPS) is 15.6. The van der Waals surface area contributed by atoms with E-state index in [1.807, 2.05) is 0 Å². The Morgan fingerprint density at radius 3 is 2.50 bits per heavy atom. The molecule has 1 aliphatic carbocycles.